The third kappa shape index (κ3) is 1.88. The highest BCUT2D eigenvalue weighted by molar-refractivity contribution is 7.71. The fourth-order valence-electron chi connectivity index (χ4n) is 1.03. The van der Waals surface area contributed by atoms with E-state index in [1.807, 2.05) is 13.0 Å². The number of hydrogen-bond donors (Lipinski definition) is 2. The predicted molar refractivity (Wildman–Crippen MR) is 47.0 cm³/mol. The number of nitrogens with one attached hydrogen (secondary N) is 1. The molecular formula is C8H11NOS. The van der Waals surface area contributed by atoms with Crippen molar-refractivity contribution in [2.45, 2.75) is 20.0 Å². The van der Waals surface area contributed by atoms with Gasteiger partial charge in [0.1, 0.15) is 4.64 Å². The third-order valence-corrected chi connectivity index (χ3v) is 1.86. The van der Waals surface area contributed by atoms with Gasteiger partial charge in [-0.25, -0.2) is 0 Å². The molecule has 1 rings (SSSR count). The summed E-state index contributed by atoms with van der Waals surface area (Å²) in [6.45, 7) is 3.67. The maximum atomic E-state index is 9.24. The SMILES string of the molecule is Cc1cc(=S)[nH]cc1C(C)O. The van der Waals surface area contributed by atoms with Crippen LogP contribution in [0, 0.1) is 11.6 Å². The van der Waals surface area contributed by atoms with Crippen LogP contribution in [-0.4, -0.2) is 10.1 Å². The standard InChI is InChI=1S/C8H11NOS/c1-5-3-8(11)9-4-7(5)6(2)10/h3-4,6,10H,1-2H3,(H,9,11). The van der Waals surface area contributed by atoms with Gasteiger partial charge < -0.3 is 10.1 Å². The molecule has 1 heterocycles. The Hall–Kier alpha value is -0.670. The van der Waals surface area contributed by atoms with Crippen LogP contribution in [0.4, 0.5) is 0 Å². The van der Waals surface area contributed by atoms with Gasteiger partial charge in [0, 0.05) is 6.20 Å². The number of aromatic amines is 1. The largest absolute Gasteiger partial charge is 0.389 e. The van der Waals surface area contributed by atoms with Crippen LogP contribution in [0.25, 0.3) is 0 Å². The van der Waals surface area contributed by atoms with Crippen molar-refractivity contribution in [1.29, 1.82) is 0 Å². The van der Waals surface area contributed by atoms with E-state index < -0.39 is 6.10 Å². The topological polar surface area (TPSA) is 36.0 Å². The van der Waals surface area contributed by atoms with Crippen molar-refractivity contribution < 1.29 is 5.11 Å². The van der Waals surface area contributed by atoms with Gasteiger partial charge in [-0.3, -0.25) is 0 Å². The summed E-state index contributed by atoms with van der Waals surface area (Å²) in [5, 5.41) is 9.24. The third-order valence-electron chi connectivity index (χ3n) is 1.62. The van der Waals surface area contributed by atoms with E-state index >= 15 is 0 Å². The monoisotopic (exact) mass is 169 g/mol. The van der Waals surface area contributed by atoms with E-state index in [0.717, 1.165) is 11.1 Å². The highest BCUT2D eigenvalue weighted by atomic mass is 32.1. The molecule has 0 amide bonds. The number of H-pyrrole nitrogens is 1. The molecule has 0 aromatic carbocycles. The van der Waals surface area contributed by atoms with Crippen molar-refractivity contribution in [3.05, 3.63) is 28.0 Å². The van der Waals surface area contributed by atoms with Gasteiger partial charge in [0.15, 0.2) is 0 Å². The molecule has 11 heavy (non-hydrogen) atoms. The van der Waals surface area contributed by atoms with Crippen molar-refractivity contribution in [3.8, 4) is 0 Å². The van der Waals surface area contributed by atoms with Gasteiger partial charge >= 0.3 is 0 Å². The van der Waals surface area contributed by atoms with E-state index in [1.54, 1.807) is 13.1 Å². The Labute approximate surface area is 70.9 Å². The lowest BCUT2D eigenvalue weighted by atomic mass is 10.1. The van der Waals surface area contributed by atoms with E-state index in [1.165, 1.54) is 0 Å². The van der Waals surface area contributed by atoms with E-state index in [-0.39, 0.29) is 0 Å². The Morgan fingerprint density at radius 3 is 2.73 bits per heavy atom. The number of aryl methyl sites for hydroxylation is 1. The first-order valence-electron chi connectivity index (χ1n) is 3.48. The summed E-state index contributed by atoms with van der Waals surface area (Å²) in [7, 11) is 0. The van der Waals surface area contributed by atoms with Gasteiger partial charge in [0.25, 0.3) is 0 Å². The fourth-order valence-corrected chi connectivity index (χ4v) is 1.27. The minimum Gasteiger partial charge on any atom is -0.389 e. The quantitative estimate of drug-likeness (QED) is 0.632. The van der Waals surface area contributed by atoms with Crippen LogP contribution in [0.5, 0.6) is 0 Å². The highest BCUT2D eigenvalue weighted by Crippen LogP contribution is 2.14. The summed E-state index contributed by atoms with van der Waals surface area (Å²) in [6, 6.07) is 1.84. The summed E-state index contributed by atoms with van der Waals surface area (Å²) in [4.78, 5) is 2.88. The van der Waals surface area contributed by atoms with Crippen LogP contribution in [0.2, 0.25) is 0 Å². The van der Waals surface area contributed by atoms with E-state index in [9.17, 15) is 5.11 Å². The van der Waals surface area contributed by atoms with Gasteiger partial charge in [-0.2, -0.15) is 0 Å². The minimum atomic E-state index is -0.429. The summed E-state index contributed by atoms with van der Waals surface area (Å²) < 4.78 is 0.701. The van der Waals surface area contributed by atoms with Crippen LogP contribution in [0.15, 0.2) is 12.3 Å². The first kappa shape index (κ1) is 8.43. The summed E-state index contributed by atoms with van der Waals surface area (Å²) in [6.07, 6.45) is 1.32. The van der Waals surface area contributed by atoms with Crippen molar-refractivity contribution in [3.63, 3.8) is 0 Å². The molecule has 0 aliphatic rings. The molecule has 1 unspecified atom stereocenters. The summed E-state index contributed by atoms with van der Waals surface area (Å²) in [5.74, 6) is 0. The zero-order valence-electron chi connectivity index (χ0n) is 6.59. The Morgan fingerprint density at radius 2 is 2.27 bits per heavy atom. The van der Waals surface area contributed by atoms with Crippen molar-refractivity contribution in [2.75, 3.05) is 0 Å². The molecule has 0 spiro atoms. The van der Waals surface area contributed by atoms with Crippen LogP contribution in [0.3, 0.4) is 0 Å². The lowest BCUT2D eigenvalue weighted by molar-refractivity contribution is 0.198. The van der Waals surface area contributed by atoms with Gasteiger partial charge in [-0.05, 0) is 31.0 Å². The number of hydrogen-bond acceptors (Lipinski definition) is 2. The second-order valence-electron chi connectivity index (χ2n) is 2.61. The maximum Gasteiger partial charge on any atom is 0.103 e. The number of aliphatic hydroxyl groups excluding tert-OH is 1. The van der Waals surface area contributed by atoms with E-state index in [0.29, 0.717) is 4.64 Å². The number of rotatable bonds is 1. The van der Waals surface area contributed by atoms with Crippen LogP contribution < -0.4 is 0 Å². The lowest BCUT2D eigenvalue weighted by Crippen LogP contribution is -1.95. The second-order valence-corrected chi connectivity index (χ2v) is 3.05. The normalized spacial score (nSPS) is 13.0. The second kappa shape index (κ2) is 3.15. The van der Waals surface area contributed by atoms with Crippen molar-refractivity contribution >= 4 is 12.2 Å². The number of aromatic nitrogens is 1. The average molecular weight is 169 g/mol. The molecule has 0 aliphatic carbocycles. The Morgan fingerprint density at radius 1 is 1.64 bits per heavy atom. The Balaban J connectivity index is 3.20. The molecule has 1 aromatic heterocycles. The molecule has 2 nitrogen and oxygen atoms in total. The van der Waals surface area contributed by atoms with Crippen LogP contribution in [0.1, 0.15) is 24.2 Å². The van der Waals surface area contributed by atoms with E-state index in [4.69, 9.17) is 12.2 Å². The molecule has 0 saturated carbocycles. The molecule has 1 aromatic rings. The zero-order valence-corrected chi connectivity index (χ0v) is 7.40. The van der Waals surface area contributed by atoms with E-state index in [2.05, 4.69) is 4.98 Å². The zero-order chi connectivity index (χ0) is 8.43. The molecule has 2 N–H and O–H groups in total. The first-order valence-corrected chi connectivity index (χ1v) is 3.89. The summed E-state index contributed by atoms with van der Waals surface area (Å²) >= 11 is 4.91. The van der Waals surface area contributed by atoms with Gasteiger partial charge in [-0.1, -0.05) is 12.2 Å². The Bertz CT molecular complexity index is 303. The minimum absolute atomic E-state index is 0.429. The van der Waals surface area contributed by atoms with Crippen molar-refractivity contribution in [1.82, 2.24) is 4.98 Å². The molecule has 1 atom stereocenters. The molecule has 0 fully saturated rings. The number of pyridine rings is 1. The average Bonchev–Trinajstić information content (AvgIpc) is 1.85. The van der Waals surface area contributed by atoms with Crippen LogP contribution in [-0.2, 0) is 0 Å². The van der Waals surface area contributed by atoms with Crippen molar-refractivity contribution in [2.24, 2.45) is 0 Å². The van der Waals surface area contributed by atoms with Crippen LogP contribution >= 0.6 is 12.2 Å². The molecule has 0 radical (unpaired) electrons. The molecule has 0 aliphatic heterocycles. The molecule has 0 saturated heterocycles. The van der Waals surface area contributed by atoms with Gasteiger partial charge in [0.2, 0.25) is 0 Å². The molecule has 60 valence electrons. The highest BCUT2D eigenvalue weighted by Gasteiger charge is 2.02. The fraction of sp³-hybridized carbons (Fsp3) is 0.375. The van der Waals surface area contributed by atoms with Gasteiger partial charge in [-0.15, -0.1) is 0 Å². The predicted octanol–water partition coefficient (Wildman–Crippen LogP) is 2.11. The number of aliphatic hydroxyl groups is 1. The first-order chi connectivity index (χ1) is 5.11. The Kier molecular flexibility index (Phi) is 2.42. The molecular weight excluding hydrogens is 158 g/mol. The lowest BCUT2D eigenvalue weighted by Gasteiger charge is -2.06. The summed E-state index contributed by atoms with van der Waals surface area (Å²) in [5.41, 5.74) is 1.93. The molecule has 0 bridgehead atoms. The van der Waals surface area contributed by atoms with Gasteiger partial charge in [0.05, 0.1) is 6.10 Å². The maximum absolute atomic E-state index is 9.24. The smallest absolute Gasteiger partial charge is 0.103 e. The molecule has 3 heteroatoms.